The van der Waals surface area contributed by atoms with Gasteiger partial charge in [0.2, 0.25) is 0 Å². The monoisotopic (exact) mass is 244 g/mol. The van der Waals surface area contributed by atoms with Gasteiger partial charge in [-0.2, -0.15) is 0 Å². The molecule has 1 atom stereocenters. The van der Waals surface area contributed by atoms with Crippen molar-refractivity contribution in [1.29, 1.82) is 0 Å². The summed E-state index contributed by atoms with van der Waals surface area (Å²) in [6.07, 6.45) is 4.14. The summed E-state index contributed by atoms with van der Waals surface area (Å²) in [6.45, 7) is 14.6. The molecule has 0 aromatic heterocycles. The molecule has 0 aromatic rings. The third-order valence-electron chi connectivity index (χ3n) is 4.53. The predicted octanol–water partition coefficient (Wildman–Crippen LogP) is 3.13. The largest absolute Gasteiger partial charge is 0.331 e. The van der Waals surface area contributed by atoms with E-state index in [2.05, 4.69) is 48.8 Å². The number of quaternary nitrogens is 2. The van der Waals surface area contributed by atoms with E-state index in [9.17, 15) is 0 Å². The van der Waals surface area contributed by atoms with Gasteiger partial charge in [0.15, 0.2) is 0 Å². The lowest BCUT2D eigenvalue weighted by molar-refractivity contribution is -0.945. The molecule has 0 aromatic carbocycles. The summed E-state index contributed by atoms with van der Waals surface area (Å²) >= 11 is 0. The summed E-state index contributed by atoms with van der Waals surface area (Å²) in [5.74, 6) is 0. The predicted molar refractivity (Wildman–Crippen MR) is 78.1 cm³/mol. The van der Waals surface area contributed by atoms with Crippen LogP contribution in [0, 0.1) is 0 Å². The number of hydrogen-bond donors (Lipinski definition) is 0. The highest BCUT2D eigenvalue weighted by Crippen LogP contribution is 2.18. The van der Waals surface area contributed by atoms with E-state index in [-0.39, 0.29) is 0 Å². The van der Waals surface area contributed by atoms with Gasteiger partial charge in [-0.25, -0.2) is 0 Å². The van der Waals surface area contributed by atoms with Crippen molar-refractivity contribution in [2.75, 3.05) is 47.3 Å². The lowest BCUT2D eigenvalue weighted by Gasteiger charge is -2.41. The zero-order valence-corrected chi connectivity index (χ0v) is 13.4. The Labute approximate surface area is 110 Å². The fourth-order valence-corrected chi connectivity index (χ4v) is 2.91. The number of nitrogens with zero attached hydrogens (tertiary/aromatic N) is 2. The van der Waals surface area contributed by atoms with Crippen LogP contribution in [0.3, 0.4) is 0 Å². The first kappa shape index (κ1) is 16.9. The Morgan fingerprint density at radius 1 is 0.824 bits per heavy atom. The fourth-order valence-electron chi connectivity index (χ4n) is 2.91. The molecule has 0 aliphatic heterocycles. The summed E-state index contributed by atoms with van der Waals surface area (Å²) < 4.78 is 2.40. The van der Waals surface area contributed by atoms with Gasteiger partial charge in [0, 0.05) is 0 Å². The van der Waals surface area contributed by atoms with Gasteiger partial charge in [0.1, 0.15) is 0 Å². The van der Waals surface area contributed by atoms with Gasteiger partial charge in [0.05, 0.1) is 53.4 Å². The Morgan fingerprint density at radius 2 is 1.29 bits per heavy atom. The van der Waals surface area contributed by atoms with Crippen LogP contribution >= 0.6 is 0 Å². The average Bonchev–Trinajstić information content (AvgIpc) is 2.26. The maximum Gasteiger partial charge on any atom is 0.0861 e. The minimum atomic E-state index is 0.822. The van der Waals surface area contributed by atoms with Crippen LogP contribution in [-0.2, 0) is 0 Å². The van der Waals surface area contributed by atoms with Gasteiger partial charge in [-0.05, 0) is 47.0 Å². The third kappa shape index (κ3) is 5.87. The first-order valence-corrected chi connectivity index (χ1v) is 7.47. The van der Waals surface area contributed by atoms with E-state index in [4.69, 9.17) is 0 Å². The Kier molecular flexibility index (Phi) is 7.34. The van der Waals surface area contributed by atoms with Crippen LogP contribution in [0.5, 0.6) is 0 Å². The quantitative estimate of drug-likeness (QED) is 0.432. The second-order valence-corrected chi connectivity index (χ2v) is 6.53. The molecular weight excluding hydrogens is 208 g/mol. The van der Waals surface area contributed by atoms with Crippen molar-refractivity contribution in [2.45, 2.75) is 53.0 Å². The van der Waals surface area contributed by atoms with Crippen LogP contribution in [0.1, 0.15) is 47.0 Å². The number of unbranched alkanes of at least 4 members (excludes halogenated alkanes) is 1. The highest BCUT2D eigenvalue weighted by molar-refractivity contribution is 4.54. The molecule has 0 rings (SSSR count). The number of hydrogen-bond acceptors (Lipinski definition) is 0. The molecule has 0 heterocycles. The van der Waals surface area contributed by atoms with Crippen LogP contribution in [0.4, 0.5) is 0 Å². The van der Waals surface area contributed by atoms with E-state index < -0.39 is 0 Å². The average molecular weight is 244 g/mol. The van der Waals surface area contributed by atoms with Crippen molar-refractivity contribution in [3.8, 4) is 0 Å². The van der Waals surface area contributed by atoms with Gasteiger partial charge in [-0.15, -0.1) is 0 Å². The molecule has 1 unspecified atom stereocenters. The Morgan fingerprint density at radius 3 is 1.65 bits per heavy atom. The van der Waals surface area contributed by atoms with Crippen LogP contribution in [0.2, 0.25) is 0 Å². The van der Waals surface area contributed by atoms with Gasteiger partial charge in [-0.3, -0.25) is 0 Å². The molecule has 2 nitrogen and oxygen atoms in total. The van der Waals surface area contributed by atoms with Crippen LogP contribution in [0.25, 0.3) is 0 Å². The SMILES string of the molecule is CC[N+](CC)(CC)C(C)CCCC[N+](C)(C)C. The maximum absolute atomic E-state index is 2.45. The van der Waals surface area contributed by atoms with Gasteiger partial charge in [0.25, 0.3) is 0 Å². The summed E-state index contributed by atoms with van der Waals surface area (Å²) in [5.41, 5.74) is 0. The van der Waals surface area contributed by atoms with Gasteiger partial charge in [-0.1, -0.05) is 0 Å². The molecule has 0 saturated carbocycles. The molecule has 0 spiro atoms. The van der Waals surface area contributed by atoms with Gasteiger partial charge >= 0.3 is 0 Å². The topological polar surface area (TPSA) is 0 Å². The van der Waals surface area contributed by atoms with Crippen molar-refractivity contribution in [2.24, 2.45) is 0 Å². The standard InChI is InChI=1S/C15H36N2/c1-8-17(9-2,10-3)15(4)13-11-12-14-16(5,6)7/h15H,8-14H2,1-7H3/q+2. The molecule has 0 amide bonds. The normalized spacial score (nSPS) is 15.0. The number of rotatable bonds is 9. The fraction of sp³-hybridized carbons (Fsp3) is 1.00. The van der Waals surface area contributed by atoms with E-state index in [1.807, 2.05) is 0 Å². The highest BCUT2D eigenvalue weighted by atomic mass is 15.4. The van der Waals surface area contributed by atoms with Crippen LogP contribution in [-0.4, -0.2) is 62.3 Å². The smallest absolute Gasteiger partial charge is 0.0861 e. The molecule has 2 heteroatoms. The maximum atomic E-state index is 2.45. The van der Waals surface area contributed by atoms with Crippen molar-refractivity contribution in [1.82, 2.24) is 0 Å². The molecule has 0 aliphatic rings. The second-order valence-electron chi connectivity index (χ2n) is 6.53. The van der Waals surface area contributed by atoms with Crippen molar-refractivity contribution in [3.05, 3.63) is 0 Å². The molecule has 0 fully saturated rings. The summed E-state index contributed by atoms with van der Waals surface area (Å²) in [6, 6.07) is 0.822. The minimum Gasteiger partial charge on any atom is -0.331 e. The molecule has 0 radical (unpaired) electrons. The molecule has 0 aliphatic carbocycles. The molecular formula is C15H36N2+2. The second kappa shape index (κ2) is 7.38. The van der Waals surface area contributed by atoms with E-state index >= 15 is 0 Å². The van der Waals surface area contributed by atoms with Crippen molar-refractivity contribution in [3.63, 3.8) is 0 Å². The van der Waals surface area contributed by atoms with Crippen LogP contribution < -0.4 is 0 Å². The van der Waals surface area contributed by atoms with Crippen molar-refractivity contribution >= 4 is 0 Å². The first-order valence-electron chi connectivity index (χ1n) is 7.47. The first-order chi connectivity index (χ1) is 7.81. The summed E-state index contributed by atoms with van der Waals surface area (Å²) in [7, 11) is 6.86. The zero-order valence-electron chi connectivity index (χ0n) is 13.4. The molecule has 0 saturated heterocycles. The Balaban J connectivity index is 4.03. The molecule has 104 valence electrons. The highest BCUT2D eigenvalue weighted by Gasteiger charge is 2.27. The lowest BCUT2D eigenvalue weighted by Crippen LogP contribution is -2.53. The molecule has 0 N–H and O–H groups in total. The van der Waals surface area contributed by atoms with E-state index in [0.29, 0.717) is 0 Å². The third-order valence-corrected chi connectivity index (χ3v) is 4.53. The van der Waals surface area contributed by atoms with E-state index in [1.165, 1.54) is 49.9 Å². The summed E-state index contributed by atoms with van der Waals surface area (Å²) in [4.78, 5) is 0. The minimum absolute atomic E-state index is 0.822. The summed E-state index contributed by atoms with van der Waals surface area (Å²) in [5, 5.41) is 0. The van der Waals surface area contributed by atoms with E-state index in [1.54, 1.807) is 0 Å². The van der Waals surface area contributed by atoms with Crippen LogP contribution in [0.15, 0.2) is 0 Å². The van der Waals surface area contributed by atoms with Crippen molar-refractivity contribution < 1.29 is 8.97 Å². The van der Waals surface area contributed by atoms with Gasteiger partial charge < -0.3 is 8.97 Å². The molecule has 17 heavy (non-hydrogen) atoms. The molecule has 0 bridgehead atoms. The van der Waals surface area contributed by atoms with E-state index in [0.717, 1.165) is 10.5 Å². The zero-order chi connectivity index (χ0) is 13.5. The Bertz CT molecular complexity index is 181. The Hall–Kier alpha value is -0.0800. The lowest BCUT2D eigenvalue weighted by atomic mass is 10.1.